The Labute approximate surface area is 154 Å². The van der Waals surface area contributed by atoms with E-state index in [1.54, 1.807) is 8.92 Å². The molecular weight excluding hydrogens is 438 g/mol. The van der Waals surface area contributed by atoms with Crippen LogP contribution in [0.25, 0.3) is 0 Å². The van der Waals surface area contributed by atoms with Crippen LogP contribution in [-0.4, -0.2) is 38.8 Å². The van der Waals surface area contributed by atoms with Gasteiger partial charge in [-0.15, -0.1) is 0 Å². The minimum absolute atomic E-state index is 0.557. The van der Waals surface area contributed by atoms with Crippen LogP contribution in [0.4, 0.5) is 0 Å². The first-order valence-electron chi connectivity index (χ1n) is 7.25. The Bertz CT molecular complexity index is 548. The van der Waals surface area contributed by atoms with Crippen LogP contribution in [0.5, 0.6) is 0 Å². The van der Waals surface area contributed by atoms with Crippen molar-refractivity contribution < 1.29 is 0 Å². The van der Waals surface area contributed by atoms with E-state index in [0.29, 0.717) is 36.8 Å². The maximum atomic E-state index is 2.34. The van der Waals surface area contributed by atoms with Gasteiger partial charge >= 0.3 is 155 Å². The van der Waals surface area contributed by atoms with Crippen molar-refractivity contribution in [2.75, 3.05) is 12.5 Å². The van der Waals surface area contributed by atoms with E-state index in [0.717, 1.165) is 0 Å². The van der Waals surface area contributed by atoms with Crippen LogP contribution in [0.15, 0.2) is 48.5 Å². The second kappa shape index (κ2) is 9.47. The van der Waals surface area contributed by atoms with Crippen molar-refractivity contribution >= 4 is 58.7 Å². The Hall–Kier alpha value is 0.179. The zero-order chi connectivity index (χ0) is 15.9. The second-order valence-electron chi connectivity index (χ2n) is 5.00. The third-order valence-electron chi connectivity index (χ3n) is 3.64. The fourth-order valence-corrected chi connectivity index (χ4v) is 11.0. The molecule has 0 amide bonds. The summed E-state index contributed by atoms with van der Waals surface area (Å²) in [5, 5.41) is 1.18. The topological polar surface area (TPSA) is 0 Å². The molecule has 0 radical (unpaired) electrons. The summed E-state index contributed by atoms with van der Waals surface area (Å²) < 4.78 is 3.17. The van der Waals surface area contributed by atoms with Crippen molar-refractivity contribution in [1.29, 1.82) is 0 Å². The van der Waals surface area contributed by atoms with Gasteiger partial charge in [0.15, 0.2) is 0 Å². The van der Waals surface area contributed by atoms with Crippen LogP contribution in [0.3, 0.4) is 0 Å². The molecule has 2 aromatic carbocycles. The quantitative estimate of drug-likeness (QED) is 0.577. The number of benzene rings is 2. The molecule has 0 saturated heterocycles. The first-order valence-corrected chi connectivity index (χ1v) is 15.9. The third-order valence-corrected chi connectivity index (χ3v) is 12.9. The van der Waals surface area contributed by atoms with E-state index in [1.807, 2.05) is 23.5 Å². The molecule has 118 valence electrons. The van der Waals surface area contributed by atoms with Gasteiger partial charge in [0, 0.05) is 0 Å². The summed E-state index contributed by atoms with van der Waals surface area (Å²) in [6, 6.07) is 18.0. The molecule has 0 aromatic heterocycles. The summed E-state index contributed by atoms with van der Waals surface area (Å²) in [4.78, 5) is 0. The van der Waals surface area contributed by atoms with Crippen molar-refractivity contribution in [3.8, 4) is 0 Å². The van der Waals surface area contributed by atoms with Crippen molar-refractivity contribution in [3.05, 3.63) is 59.7 Å². The predicted molar refractivity (Wildman–Crippen MR) is 108 cm³/mol. The van der Waals surface area contributed by atoms with Gasteiger partial charge in [0.1, 0.15) is 0 Å². The standard InChI is InChI=1S/C18H22S2Se2/c1-13(19-3)15-9-5-7-11-17(15)21-22-18-12-8-6-10-16(18)14(2)20-4/h5-14H,1-4H3/t13-,14-/m0/s1. The number of thioether (sulfide) groups is 2. The van der Waals surface area contributed by atoms with Crippen LogP contribution in [0, 0.1) is 0 Å². The molecule has 0 spiro atoms. The number of hydrogen-bond acceptors (Lipinski definition) is 2. The average Bonchev–Trinajstić information content (AvgIpc) is 2.59. The minimum atomic E-state index is 0.557. The van der Waals surface area contributed by atoms with Gasteiger partial charge in [0.05, 0.1) is 0 Å². The van der Waals surface area contributed by atoms with E-state index < -0.39 is 0 Å². The summed E-state index contributed by atoms with van der Waals surface area (Å²) >= 11 is 4.99. The molecule has 0 unspecified atom stereocenters. The van der Waals surface area contributed by atoms with Crippen molar-refractivity contribution in [3.63, 3.8) is 0 Å². The van der Waals surface area contributed by atoms with E-state index in [-0.39, 0.29) is 0 Å². The van der Waals surface area contributed by atoms with Gasteiger partial charge in [-0.3, -0.25) is 0 Å². The fraction of sp³-hybridized carbons (Fsp3) is 0.333. The normalized spacial score (nSPS) is 13.8. The Morgan fingerprint density at radius 3 is 1.41 bits per heavy atom. The summed E-state index contributed by atoms with van der Waals surface area (Å²) in [5.74, 6) is 0. The van der Waals surface area contributed by atoms with Gasteiger partial charge < -0.3 is 0 Å². The molecular formula is C18H22S2Se2. The summed E-state index contributed by atoms with van der Waals surface area (Å²) in [7, 11) is 0. The van der Waals surface area contributed by atoms with Gasteiger partial charge in [-0.1, -0.05) is 0 Å². The monoisotopic (exact) mass is 462 g/mol. The first-order chi connectivity index (χ1) is 10.7. The number of rotatable bonds is 7. The van der Waals surface area contributed by atoms with E-state index in [4.69, 9.17) is 0 Å². The molecule has 0 aliphatic carbocycles. The van der Waals surface area contributed by atoms with E-state index >= 15 is 0 Å². The van der Waals surface area contributed by atoms with Gasteiger partial charge in [-0.2, -0.15) is 0 Å². The molecule has 4 heteroatoms. The Morgan fingerprint density at radius 1 is 0.682 bits per heavy atom. The molecule has 0 aliphatic rings. The van der Waals surface area contributed by atoms with Crippen molar-refractivity contribution in [1.82, 2.24) is 0 Å². The first kappa shape index (κ1) is 18.5. The third kappa shape index (κ3) is 4.84. The molecule has 0 saturated carbocycles. The van der Waals surface area contributed by atoms with Gasteiger partial charge in [0.2, 0.25) is 0 Å². The molecule has 0 heterocycles. The van der Waals surface area contributed by atoms with E-state index in [9.17, 15) is 0 Å². The van der Waals surface area contributed by atoms with Gasteiger partial charge in [-0.05, 0) is 0 Å². The molecule has 0 bridgehead atoms. The zero-order valence-electron chi connectivity index (χ0n) is 13.4. The van der Waals surface area contributed by atoms with Crippen LogP contribution >= 0.6 is 23.5 Å². The molecule has 22 heavy (non-hydrogen) atoms. The predicted octanol–water partition coefficient (Wildman–Crippen LogP) is 3.81. The van der Waals surface area contributed by atoms with Crippen molar-refractivity contribution in [2.24, 2.45) is 0 Å². The van der Waals surface area contributed by atoms with E-state index in [1.165, 1.54) is 11.1 Å². The second-order valence-corrected chi connectivity index (χ2v) is 13.5. The van der Waals surface area contributed by atoms with Crippen LogP contribution < -0.4 is 8.92 Å². The van der Waals surface area contributed by atoms with Gasteiger partial charge in [0.25, 0.3) is 0 Å². The molecule has 0 N–H and O–H groups in total. The zero-order valence-corrected chi connectivity index (χ0v) is 18.5. The molecule has 0 nitrogen and oxygen atoms in total. The Morgan fingerprint density at radius 2 is 1.05 bits per heavy atom. The summed E-state index contributed by atoms with van der Waals surface area (Å²) in [6.07, 6.45) is 4.41. The van der Waals surface area contributed by atoms with E-state index in [2.05, 4.69) is 74.9 Å². The molecule has 2 rings (SSSR count). The summed E-state index contributed by atoms with van der Waals surface area (Å²) in [6.45, 7) is 4.63. The van der Waals surface area contributed by atoms with Crippen LogP contribution in [0.1, 0.15) is 35.5 Å². The SMILES string of the molecule is CS[C@@H](C)c1ccccc1[Se][Se]c1ccccc1[C@H](C)SC. The Kier molecular flexibility index (Phi) is 7.97. The molecule has 0 fully saturated rings. The van der Waals surface area contributed by atoms with Crippen LogP contribution in [0.2, 0.25) is 0 Å². The fourth-order valence-electron chi connectivity index (χ4n) is 2.13. The van der Waals surface area contributed by atoms with Crippen LogP contribution in [-0.2, 0) is 0 Å². The molecule has 0 aliphatic heterocycles. The molecule has 2 aromatic rings. The van der Waals surface area contributed by atoms with Crippen molar-refractivity contribution in [2.45, 2.75) is 24.3 Å². The molecule has 2 atom stereocenters. The average molecular weight is 460 g/mol. The maximum absolute atomic E-state index is 2.34. The van der Waals surface area contributed by atoms with Gasteiger partial charge in [-0.25, -0.2) is 0 Å². The summed E-state index contributed by atoms with van der Waals surface area (Å²) in [5.41, 5.74) is 3.07. The Balaban J connectivity index is 2.18. The number of hydrogen-bond donors (Lipinski definition) is 0.